The van der Waals surface area contributed by atoms with Gasteiger partial charge in [-0.1, -0.05) is 54.6 Å². The van der Waals surface area contributed by atoms with E-state index >= 15 is 0 Å². The number of nitrogens with one attached hydrogen (secondary N) is 1. The fraction of sp³-hybridized carbons (Fsp3) is 0.316. The Labute approximate surface area is 133 Å². The van der Waals surface area contributed by atoms with Gasteiger partial charge in [-0.2, -0.15) is 0 Å². The van der Waals surface area contributed by atoms with Crippen LogP contribution in [0.4, 0.5) is 0 Å². The lowest BCUT2D eigenvalue weighted by Gasteiger charge is -2.10. The Bertz CT molecular complexity index is 576. The highest BCUT2D eigenvalue weighted by atomic mass is 16.1. The number of hydrogen-bond acceptors (Lipinski definition) is 2. The van der Waals surface area contributed by atoms with Crippen molar-refractivity contribution in [3.8, 4) is 0 Å². The number of benzene rings is 2. The van der Waals surface area contributed by atoms with Gasteiger partial charge in [0.25, 0.3) is 0 Å². The largest absolute Gasteiger partial charge is 0.352 e. The minimum atomic E-state index is 0.0984. The maximum atomic E-state index is 11.9. The van der Waals surface area contributed by atoms with Crippen LogP contribution >= 0.6 is 0 Å². The lowest BCUT2D eigenvalue weighted by Crippen LogP contribution is -2.23. The highest BCUT2D eigenvalue weighted by Crippen LogP contribution is 2.06. The van der Waals surface area contributed by atoms with Gasteiger partial charge in [0.15, 0.2) is 0 Å². The summed E-state index contributed by atoms with van der Waals surface area (Å²) in [7, 11) is 4.11. The predicted molar refractivity (Wildman–Crippen MR) is 90.4 cm³/mol. The smallest absolute Gasteiger partial charge is 0.220 e. The Morgan fingerprint density at radius 3 is 2.18 bits per heavy atom. The molecule has 0 atom stereocenters. The van der Waals surface area contributed by atoms with Gasteiger partial charge in [0.1, 0.15) is 0 Å². The molecular formula is C19H24N2O. The van der Waals surface area contributed by atoms with Gasteiger partial charge in [0.2, 0.25) is 5.91 Å². The van der Waals surface area contributed by atoms with E-state index in [1.165, 1.54) is 11.1 Å². The number of carbonyl (C=O) groups excluding carboxylic acids is 1. The van der Waals surface area contributed by atoms with E-state index in [9.17, 15) is 4.79 Å². The Morgan fingerprint density at radius 2 is 1.55 bits per heavy atom. The molecule has 3 nitrogen and oxygen atoms in total. The normalized spacial score (nSPS) is 10.7. The summed E-state index contributed by atoms with van der Waals surface area (Å²) in [5, 5.41) is 2.98. The van der Waals surface area contributed by atoms with Crippen LogP contribution in [0.3, 0.4) is 0 Å². The van der Waals surface area contributed by atoms with Gasteiger partial charge < -0.3 is 10.2 Å². The van der Waals surface area contributed by atoms with Crippen LogP contribution in [0.25, 0.3) is 0 Å². The minimum absolute atomic E-state index is 0.0984. The average Bonchev–Trinajstić information content (AvgIpc) is 2.53. The predicted octanol–water partition coefficient (Wildman–Crippen LogP) is 3.00. The van der Waals surface area contributed by atoms with Crippen LogP contribution in [0.1, 0.15) is 23.1 Å². The summed E-state index contributed by atoms with van der Waals surface area (Å²) in [4.78, 5) is 14.0. The molecule has 0 fully saturated rings. The third-order valence-corrected chi connectivity index (χ3v) is 3.50. The Balaban J connectivity index is 1.74. The van der Waals surface area contributed by atoms with Crippen molar-refractivity contribution < 1.29 is 4.79 Å². The Morgan fingerprint density at radius 1 is 0.909 bits per heavy atom. The number of rotatable bonds is 7. The van der Waals surface area contributed by atoms with Crippen LogP contribution in [-0.4, -0.2) is 24.9 Å². The molecule has 2 aromatic rings. The quantitative estimate of drug-likeness (QED) is 0.852. The fourth-order valence-corrected chi connectivity index (χ4v) is 2.32. The molecular weight excluding hydrogens is 272 g/mol. The van der Waals surface area contributed by atoms with Crippen LogP contribution in [0, 0.1) is 0 Å². The first-order valence-corrected chi connectivity index (χ1v) is 7.66. The van der Waals surface area contributed by atoms with Gasteiger partial charge >= 0.3 is 0 Å². The first-order valence-electron chi connectivity index (χ1n) is 7.66. The van der Waals surface area contributed by atoms with Crippen molar-refractivity contribution in [3.05, 3.63) is 71.3 Å². The van der Waals surface area contributed by atoms with E-state index in [1.807, 2.05) is 18.2 Å². The standard InChI is InChI=1S/C19H24N2O/c1-21(2)15-18-10-8-17(9-11-18)14-20-19(22)13-12-16-6-4-3-5-7-16/h3-11H,12-15H2,1-2H3,(H,20,22). The summed E-state index contributed by atoms with van der Waals surface area (Å²) in [6, 6.07) is 18.5. The molecule has 2 aromatic carbocycles. The summed E-state index contributed by atoms with van der Waals surface area (Å²) in [5.41, 5.74) is 3.62. The maximum Gasteiger partial charge on any atom is 0.220 e. The molecule has 0 aliphatic rings. The molecule has 0 aliphatic heterocycles. The van der Waals surface area contributed by atoms with Crippen molar-refractivity contribution in [2.24, 2.45) is 0 Å². The summed E-state index contributed by atoms with van der Waals surface area (Å²) >= 11 is 0. The van der Waals surface area contributed by atoms with E-state index in [1.54, 1.807) is 0 Å². The SMILES string of the molecule is CN(C)Cc1ccc(CNC(=O)CCc2ccccc2)cc1. The lowest BCUT2D eigenvalue weighted by molar-refractivity contribution is -0.121. The molecule has 0 aromatic heterocycles. The van der Waals surface area contributed by atoms with Gasteiger partial charge in [-0.3, -0.25) is 4.79 Å². The molecule has 0 radical (unpaired) electrons. The van der Waals surface area contributed by atoms with Gasteiger partial charge in [-0.15, -0.1) is 0 Å². The van der Waals surface area contributed by atoms with E-state index in [0.717, 1.165) is 18.5 Å². The van der Waals surface area contributed by atoms with Crippen molar-refractivity contribution in [2.75, 3.05) is 14.1 Å². The lowest BCUT2D eigenvalue weighted by atomic mass is 10.1. The number of hydrogen-bond donors (Lipinski definition) is 1. The second kappa shape index (κ2) is 8.35. The second-order valence-corrected chi connectivity index (χ2v) is 5.82. The van der Waals surface area contributed by atoms with Gasteiger partial charge in [0, 0.05) is 19.5 Å². The van der Waals surface area contributed by atoms with Crippen LogP contribution in [-0.2, 0) is 24.3 Å². The molecule has 2 rings (SSSR count). The second-order valence-electron chi connectivity index (χ2n) is 5.82. The third kappa shape index (κ3) is 5.70. The zero-order chi connectivity index (χ0) is 15.8. The van der Waals surface area contributed by atoms with E-state index in [0.29, 0.717) is 13.0 Å². The highest BCUT2D eigenvalue weighted by Gasteiger charge is 2.02. The molecule has 0 aliphatic carbocycles. The van der Waals surface area contributed by atoms with Gasteiger partial charge in [0.05, 0.1) is 0 Å². The summed E-state index contributed by atoms with van der Waals surface area (Å²) in [6.45, 7) is 1.53. The van der Waals surface area contributed by atoms with Crippen molar-refractivity contribution in [1.82, 2.24) is 10.2 Å². The zero-order valence-corrected chi connectivity index (χ0v) is 13.4. The molecule has 0 saturated heterocycles. The minimum Gasteiger partial charge on any atom is -0.352 e. The monoisotopic (exact) mass is 296 g/mol. The molecule has 116 valence electrons. The highest BCUT2D eigenvalue weighted by molar-refractivity contribution is 5.76. The van der Waals surface area contributed by atoms with Crippen molar-refractivity contribution in [1.29, 1.82) is 0 Å². The van der Waals surface area contributed by atoms with Gasteiger partial charge in [-0.05, 0) is 37.2 Å². The van der Waals surface area contributed by atoms with Crippen molar-refractivity contribution >= 4 is 5.91 Å². The van der Waals surface area contributed by atoms with E-state index in [4.69, 9.17) is 0 Å². The molecule has 0 bridgehead atoms. The van der Waals surface area contributed by atoms with Crippen LogP contribution in [0.5, 0.6) is 0 Å². The molecule has 0 unspecified atom stereocenters. The van der Waals surface area contributed by atoms with Gasteiger partial charge in [-0.25, -0.2) is 0 Å². The van der Waals surface area contributed by atoms with Crippen molar-refractivity contribution in [2.45, 2.75) is 25.9 Å². The number of aryl methyl sites for hydroxylation is 1. The molecule has 0 heterocycles. The van der Waals surface area contributed by atoms with E-state index in [-0.39, 0.29) is 5.91 Å². The Kier molecular flexibility index (Phi) is 6.16. The van der Waals surface area contributed by atoms with E-state index in [2.05, 4.69) is 60.7 Å². The summed E-state index contributed by atoms with van der Waals surface area (Å²) in [6.07, 6.45) is 1.32. The fourth-order valence-electron chi connectivity index (χ4n) is 2.32. The zero-order valence-electron chi connectivity index (χ0n) is 13.4. The average molecular weight is 296 g/mol. The number of carbonyl (C=O) groups is 1. The summed E-state index contributed by atoms with van der Waals surface area (Å²) < 4.78 is 0. The maximum absolute atomic E-state index is 11.9. The third-order valence-electron chi connectivity index (χ3n) is 3.50. The van der Waals surface area contributed by atoms with Crippen LogP contribution < -0.4 is 5.32 Å². The first-order chi connectivity index (χ1) is 10.6. The van der Waals surface area contributed by atoms with Crippen LogP contribution in [0.2, 0.25) is 0 Å². The number of amides is 1. The molecule has 0 spiro atoms. The topological polar surface area (TPSA) is 32.3 Å². The Hall–Kier alpha value is -2.13. The number of nitrogens with zero attached hydrogens (tertiary/aromatic N) is 1. The molecule has 22 heavy (non-hydrogen) atoms. The van der Waals surface area contributed by atoms with Crippen molar-refractivity contribution in [3.63, 3.8) is 0 Å². The molecule has 3 heteroatoms. The van der Waals surface area contributed by atoms with E-state index < -0.39 is 0 Å². The molecule has 1 N–H and O–H groups in total. The summed E-state index contributed by atoms with van der Waals surface area (Å²) in [5.74, 6) is 0.0984. The molecule has 1 amide bonds. The van der Waals surface area contributed by atoms with Crippen LogP contribution in [0.15, 0.2) is 54.6 Å². The molecule has 0 saturated carbocycles. The first kappa shape index (κ1) is 16.2.